The second-order valence-electron chi connectivity index (χ2n) is 5.94. The zero-order valence-electron chi connectivity index (χ0n) is 11.0. The molecule has 2 rings (SSSR count). The highest BCUT2D eigenvalue weighted by atomic mass is 15.2. The predicted octanol–water partition coefficient (Wildman–Crippen LogP) is 2.50. The Kier molecular flexibility index (Phi) is 4.66. The van der Waals surface area contributed by atoms with E-state index in [1.54, 1.807) is 0 Å². The third kappa shape index (κ3) is 3.46. The standard InChI is InChI=1S/C14H28N2/c1-3-15-14-7-8-16(11-14)10-13-6-4-5-12(2)9-13/h12-15H,3-11H2,1-2H3. The van der Waals surface area contributed by atoms with Crippen LogP contribution in [-0.2, 0) is 0 Å². The topological polar surface area (TPSA) is 15.3 Å². The smallest absolute Gasteiger partial charge is 0.0207 e. The first-order chi connectivity index (χ1) is 7.78. The van der Waals surface area contributed by atoms with E-state index >= 15 is 0 Å². The van der Waals surface area contributed by atoms with Crippen LogP contribution in [0.4, 0.5) is 0 Å². The Balaban J connectivity index is 1.70. The summed E-state index contributed by atoms with van der Waals surface area (Å²) in [6.07, 6.45) is 7.25. The lowest BCUT2D eigenvalue weighted by Gasteiger charge is -2.30. The Hall–Kier alpha value is -0.0800. The van der Waals surface area contributed by atoms with Crippen LogP contribution in [0.1, 0.15) is 46.0 Å². The summed E-state index contributed by atoms with van der Waals surface area (Å²) in [6, 6.07) is 0.769. The zero-order chi connectivity index (χ0) is 11.4. The van der Waals surface area contributed by atoms with Crippen LogP contribution in [0.15, 0.2) is 0 Å². The molecule has 0 radical (unpaired) electrons. The zero-order valence-corrected chi connectivity index (χ0v) is 11.0. The number of rotatable bonds is 4. The van der Waals surface area contributed by atoms with E-state index in [0.29, 0.717) is 0 Å². The molecule has 1 aliphatic heterocycles. The monoisotopic (exact) mass is 224 g/mol. The van der Waals surface area contributed by atoms with Crippen molar-refractivity contribution in [3.8, 4) is 0 Å². The van der Waals surface area contributed by atoms with E-state index in [-0.39, 0.29) is 0 Å². The van der Waals surface area contributed by atoms with Gasteiger partial charge in [0.05, 0.1) is 0 Å². The van der Waals surface area contributed by atoms with Crippen LogP contribution in [0.3, 0.4) is 0 Å². The first-order valence-electron chi connectivity index (χ1n) is 7.23. The van der Waals surface area contributed by atoms with Gasteiger partial charge in [0.1, 0.15) is 0 Å². The van der Waals surface area contributed by atoms with E-state index in [1.165, 1.54) is 51.7 Å². The quantitative estimate of drug-likeness (QED) is 0.789. The number of nitrogens with one attached hydrogen (secondary N) is 1. The Morgan fingerprint density at radius 3 is 2.88 bits per heavy atom. The van der Waals surface area contributed by atoms with Crippen molar-refractivity contribution in [3.63, 3.8) is 0 Å². The summed E-state index contributed by atoms with van der Waals surface area (Å²) in [6.45, 7) is 9.75. The molecule has 0 aromatic carbocycles. The van der Waals surface area contributed by atoms with Crippen molar-refractivity contribution < 1.29 is 0 Å². The van der Waals surface area contributed by atoms with Gasteiger partial charge in [-0.15, -0.1) is 0 Å². The van der Waals surface area contributed by atoms with E-state index < -0.39 is 0 Å². The van der Waals surface area contributed by atoms with E-state index in [2.05, 4.69) is 24.1 Å². The molecule has 2 aliphatic rings. The van der Waals surface area contributed by atoms with Gasteiger partial charge in [-0.3, -0.25) is 0 Å². The molecule has 1 saturated carbocycles. The van der Waals surface area contributed by atoms with Crippen LogP contribution < -0.4 is 5.32 Å². The fourth-order valence-corrected chi connectivity index (χ4v) is 3.54. The van der Waals surface area contributed by atoms with Gasteiger partial charge in [0.25, 0.3) is 0 Å². The molecule has 1 N–H and O–H groups in total. The molecule has 0 amide bonds. The van der Waals surface area contributed by atoms with Crippen LogP contribution in [0.25, 0.3) is 0 Å². The van der Waals surface area contributed by atoms with Crippen LogP contribution in [0.2, 0.25) is 0 Å². The summed E-state index contributed by atoms with van der Waals surface area (Å²) in [5.74, 6) is 1.97. The Morgan fingerprint density at radius 2 is 2.12 bits per heavy atom. The average molecular weight is 224 g/mol. The largest absolute Gasteiger partial charge is 0.313 e. The first-order valence-corrected chi connectivity index (χ1v) is 7.23. The summed E-state index contributed by atoms with van der Waals surface area (Å²) >= 11 is 0. The minimum Gasteiger partial charge on any atom is -0.313 e. The first kappa shape index (κ1) is 12.4. The number of hydrogen-bond acceptors (Lipinski definition) is 2. The summed E-state index contributed by atoms with van der Waals surface area (Å²) in [5.41, 5.74) is 0. The van der Waals surface area contributed by atoms with Gasteiger partial charge >= 0.3 is 0 Å². The third-order valence-corrected chi connectivity index (χ3v) is 4.33. The Labute approximate surface area is 101 Å². The second kappa shape index (κ2) is 6.02. The lowest BCUT2D eigenvalue weighted by atomic mass is 9.82. The normalized spacial score (nSPS) is 36.8. The van der Waals surface area contributed by atoms with Crippen LogP contribution in [0, 0.1) is 11.8 Å². The number of nitrogens with zero attached hydrogens (tertiary/aromatic N) is 1. The van der Waals surface area contributed by atoms with Gasteiger partial charge in [-0.1, -0.05) is 26.7 Å². The summed E-state index contributed by atoms with van der Waals surface area (Å²) in [4.78, 5) is 2.69. The van der Waals surface area contributed by atoms with Gasteiger partial charge in [0.2, 0.25) is 0 Å². The molecule has 2 heteroatoms. The highest BCUT2D eigenvalue weighted by Gasteiger charge is 2.26. The van der Waals surface area contributed by atoms with Gasteiger partial charge in [0.15, 0.2) is 0 Å². The lowest BCUT2D eigenvalue weighted by Crippen LogP contribution is -2.35. The molecule has 1 saturated heterocycles. The molecule has 1 heterocycles. The van der Waals surface area contributed by atoms with Crippen molar-refractivity contribution in [2.45, 2.75) is 52.0 Å². The Bertz CT molecular complexity index is 205. The number of hydrogen-bond donors (Lipinski definition) is 1. The van der Waals surface area contributed by atoms with Crippen molar-refractivity contribution in [2.75, 3.05) is 26.2 Å². The highest BCUT2D eigenvalue weighted by Crippen LogP contribution is 2.29. The van der Waals surface area contributed by atoms with Gasteiger partial charge < -0.3 is 10.2 Å². The van der Waals surface area contributed by atoms with E-state index in [9.17, 15) is 0 Å². The molecule has 2 nitrogen and oxygen atoms in total. The summed E-state index contributed by atoms with van der Waals surface area (Å²) in [5, 5.41) is 3.58. The molecule has 0 aromatic heterocycles. The molecule has 0 bridgehead atoms. The minimum absolute atomic E-state index is 0.769. The van der Waals surface area contributed by atoms with E-state index in [4.69, 9.17) is 0 Å². The molecule has 3 unspecified atom stereocenters. The molecule has 1 aliphatic carbocycles. The third-order valence-electron chi connectivity index (χ3n) is 4.33. The van der Waals surface area contributed by atoms with Crippen LogP contribution >= 0.6 is 0 Å². The van der Waals surface area contributed by atoms with Gasteiger partial charge in [-0.05, 0) is 44.2 Å². The van der Waals surface area contributed by atoms with E-state index in [0.717, 1.165) is 24.4 Å². The maximum absolute atomic E-state index is 3.58. The molecule has 0 spiro atoms. The SMILES string of the molecule is CCNC1CCN(CC2CCCC(C)C2)C1. The maximum atomic E-state index is 3.58. The summed E-state index contributed by atoms with van der Waals surface area (Å²) < 4.78 is 0. The van der Waals surface area contributed by atoms with Crippen molar-refractivity contribution in [1.82, 2.24) is 10.2 Å². The van der Waals surface area contributed by atoms with Crippen LogP contribution in [0.5, 0.6) is 0 Å². The van der Waals surface area contributed by atoms with Crippen molar-refractivity contribution in [2.24, 2.45) is 11.8 Å². The maximum Gasteiger partial charge on any atom is 0.0207 e. The molecule has 2 fully saturated rings. The molecular weight excluding hydrogens is 196 g/mol. The molecule has 94 valence electrons. The van der Waals surface area contributed by atoms with E-state index in [1.807, 2.05) is 0 Å². The molecular formula is C14H28N2. The van der Waals surface area contributed by atoms with Crippen LogP contribution in [-0.4, -0.2) is 37.1 Å². The van der Waals surface area contributed by atoms with Crippen molar-refractivity contribution in [3.05, 3.63) is 0 Å². The fourth-order valence-electron chi connectivity index (χ4n) is 3.54. The molecule has 0 aromatic rings. The van der Waals surface area contributed by atoms with Crippen molar-refractivity contribution >= 4 is 0 Å². The predicted molar refractivity (Wildman–Crippen MR) is 69.6 cm³/mol. The van der Waals surface area contributed by atoms with Gasteiger partial charge in [-0.2, -0.15) is 0 Å². The van der Waals surface area contributed by atoms with Gasteiger partial charge in [-0.25, -0.2) is 0 Å². The minimum atomic E-state index is 0.769. The van der Waals surface area contributed by atoms with Crippen molar-refractivity contribution in [1.29, 1.82) is 0 Å². The average Bonchev–Trinajstić information content (AvgIpc) is 2.66. The number of likely N-dealkylation sites (N-methyl/N-ethyl adjacent to an activating group) is 1. The highest BCUT2D eigenvalue weighted by molar-refractivity contribution is 4.83. The molecule has 16 heavy (non-hydrogen) atoms. The Morgan fingerprint density at radius 1 is 1.25 bits per heavy atom. The second-order valence-corrected chi connectivity index (χ2v) is 5.94. The number of likely N-dealkylation sites (tertiary alicyclic amines) is 1. The fraction of sp³-hybridized carbons (Fsp3) is 1.00. The molecule has 3 atom stereocenters. The lowest BCUT2D eigenvalue weighted by molar-refractivity contribution is 0.201. The summed E-state index contributed by atoms with van der Waals surface area (Å²) in [7, 11) is 0. The van der Waals surface area contributed by atoms with Gasteiger partial charge in [0, 0.05) is 19.1 Å².